The third kappa shape index (κ3) is 2.60. The maximum Gasteiger partial charge on any atom is 0.254 e. The smallest absolute Gasteiger partial charge is 0.254 e. The molecular formula is C13H17ClN2O. The van der Waals surface area contributed by atoms with Crippen molar-refractivity contribution in [1.29, 1.82) is 0 Å². The molecular weight excluding hydrogens is 236 g/mol. The number of hydrogen-bond donors (Lipinski definition) is 1. The number of pyridine rings is 1. The van der Waals surface area contributed by atoms with E-state index in [1.54, 1.807) is 12.3 Å². The first-order chi connectivity index (χ1) is 8.17. The quantitative estimate of drug-likeness (QED) is 0.895. The topological polar surface area (TPSA) is 42.0 Å². The van der Waals surface area contributed by atoms with Crippen LogP contribution in [-0.2, 0) is 0 Å². The summed E-state index contributed by atoms with van der Waals surface area (Å²) in [6, 6.07) is 1.63. The summed E-state index contributed by atoms with van der Waals surface area (Å²) in [5, 5.41) is 3.43. The molecule has 0 unspecified atom stereocenters. The van der Waals surface area contributed by atoms with Gasteiger partial charge in [-0.25, -0.2) is 0 Å². The molecule has 1 aliphatic rings. The van der Waals surface area contributed by atoms with Crippen molar-refractivity contribution in [1.82, 2.24) is 10.3 Å². The van der Waals surface area contributed by atoms with Gasteiger partial charge in [0.15, 0.2) is 0 Å². The van der Waals surface area contributed by atoms with Crippen LogP contribution in [0.3, 0.4) is 0 Å². The van der Waals surface area contributed by atoms with Crippen molar-refractivity contribution in [3.63, 3.8) is 0 Å². The SMILES string of the molecule is CCC1(CNC(=O)c2cnccc2Cl)CCC1. The van der Waals surface area contributed by atoms with E-state index in [9.17, 15) is 4.79 Å². The second-order valence-corrected chi connectivity index (χ2v) is 5.15. The Kier molecular flexibility index (Phi) is 3.67. The minimum Gasteiger partial charge on any atom is -0.351 e. The van der Waals surface area contributed by atoms with Crippen molar-refractivity contribution in [3.8, 4) is 0 Å². The number of carbonyl (C=O) groups is 1. The summed E-state index contributed by atoms with van der Waals surface area (Å²) < 4.78 is 0. The summed E-state index contributed by atoms with van der Waals surface area (Å²) in [4.78, 5) is 15.9. The molecule has 1 heterocycles. The molecule has 1 aliphatic carbocycles. The number of carbonyl (C=O) groups excluding carboxylic acids is 1. The van der Waals surface area contributed by atoms with Gasteiger partial charge in [0, 0.05) is 18.9 Å². The Hall–Kier alpha value is -1.09. The van der Waals surface area contributed by atoms with E-state index in [0.29, 0.717) is 16.0 Å². The minimum absolute atomic E-state index is 0.122. The van der Waals surface area contributed by atoms with E-state index in [1.165, 1.54) is 25.5 Å². The number of rotatable bonds is 4. The van der Waals surface area contributed by atoms with Crippen LogP contribution in [0.1, 0.15) is 43.0 Å². The lowest BCUT2D eigenvalue weighted by molar-refractivity contribution is 0.0850. The first-order valence-corrected chi connectivity index (χ1v) is 6.42. The zero-order valence-electron chi connectivity index (χ0n) is 10.0. The van der Waals surface area contributed by atoms with Gasteiger partial charge < -0.3 is 5.32 Å². The van der Waals surface area contributed by atoms with E-state index in [1.807, 2.05) is 0 Å². The maximum atomic E-state index is 11.9. The van der Waals surface area contributed by atoms with Crippen molar-refractivity contribution in [2.45, 2.75) is 32.6 Å². The third-order valence-electron chi connectivity index (χ3n) is 3.80. The first kappa shape index (κ1) is 12.4. The van der Waals surface area contributed by atoms with Gasteiger partial charge in [-0.1, -0.05) is 24.9 Å². The normalized spacial score (nSPS) is 17.3. The van der Waals surface area contributed by atoms with Gasteiger partial charge >= 0.3 is 0 Å². The van der Waals surface area contributed by atoms with Crippen LogP contribution < -0.4 is 5.32 Å². The molecule has 17 heavy (non-hydrogen) atoms. The van der Waals surface area contributed by atoms with Gasteiger partial charge in [-0.05, 0) is 30.7 Å². The van der Waals surface area contributed by atoms with Gasteiger partial charge in [-0.15, -0.1) is 0 Å². The molecule has 0 aliphatic heterocycles. The highest BCUT2D eigenvalue weighted by molar-refractivity contribution is 6.33. The van der Waals surface area contributed by atoms with Crippen LogP contribution in [-0.4, -0.2) is 17.4 Å². The Morgan fingerprint density at radius 2 is 2.35 bits per heavy atom. The highest BCUT2D eigenvalue weighted by atomic mass is 35.5. The summed E-state index contributed by atoms with van der Waals surface area (Å²) >= 11 is 5.95. The average molecular weight is 253 g/mol. The second-order valence-electron chi connectivity index (χ2n) is 4.75. The van der Waals surface area contributed by atoms with Crippen LogP contribution in [0, 0.1) is 5.41 Å². The first-order valence-electron chi connectivity index (χ1n) is 6.05. The number of nitrogens with zero attached hydrogens (tertiary/aromatic N) is 1. The molecule has 3 nitrogen and oxygen atoms in total. The van der Waals surface area contributed by atoms with Crippen molar-refractivity contribution in [2.75, 3.05) is 6.54 Å². The monoisotopic (exact) mass is 252 g/mol. The fourth-order valence-corrected chi connectivity index (χ4v) is 2.43. The van der Waals surface area contributed by atoms with Gasteiger partial charge in [0.05, 0.1) is 10.6 Å². The van der Waals surface area contributed by atoms with Crippen LogP contribution in [0.5, 0.6) is 0 Å². The molecule has 1 aromatic rings. The highest BCUT2D eigenvalue weighted by Gasteiger charge is 2.35. The zero-order chi connectivity index (χ0) is 12.3. The molecule has 4 heteroatoms. The Morgan fingerprint density at radius 3 is 2.88 bits per heavy atom. The fraction of sp³-hybridized carbons (Fsp3) is 0.538. The molecule has 1 fully saturated rings. The number of halogens is 1. The van der Waals surface area contributed by atoms with Crippen molar-refractivity contribution in [3.05, 3.63) is 29.0 Å². The summed E-state index contributed by atoms with van der Waals surface area (Å²) in [5.41, 5.74) is 0.782. The fourth-order valence-electron chi connectivity index (χ4n) is 2.24. The number of amides is 1. The predicted molar refractivity (Wildman–Crippen MR) is 68.2 cm³/mol. The summed E-state index contributed by atoms with van der Waals surface area (Å²) in [6.07, 6.45) is 7.91. The summed E-state index contributed by atoms with van der Waals surface area (Å²) in [6.45, 7) is 2.93. The van der Waals surface area contributed by atoms with Crippen molar-refractivity contribution < 1.29 is 4.79 Å². The van der Waals surface area contributed by atoms with E-state index in [-0.39, 0.29) is 5.91 Å². The standard InChI is InChI=1S/C13H17ClN2O/c1-2-13(5-3-6-13)9-16-12(17)10-8-15-7-4-11(10)14/h4,7-8H,2-3,5-6,9H2,1H3,(H,16,17). The van der Waals surface area contributed by atoms with Gasteiger partial charge in [-0.2, -0.15) is 0 Å². The van der Waals surface area contributed by atoms with Crippen molar-refractivity contribution >= 4 is 17.5 Å². The lowest BCUT2D eigenvalue weighted by Gasteiger charge is -2.41. The highest BCUT2D eigenvalue weighted by Crippen LogP contribution is 2.43. The molecule has 0 saturated heterocycles. The Labute approximate surface area is 107 Å². The average Bonchev–Trinajstić information content (AvgIpc) is 2.28. The molecule has 0 radical (unpaired) electrons. The zero-order valence-corrected chi connectivity index (χ0v) is 10.8. The molecule has 0 aromatic carbocycles. The Bertz CT molecular complexity index is 410. The maximum absolute atomic E-state index is 11.9. The summed E-state index contributed by atoms with van der Waals surface area (Å²) in [7, 11) is 0. The molecule has 0 bridgehead atoms. The van der Waals surface area contributed by atoms with Gasteiger partial charge in [0.2, 0.25) is 0 Å². The summed E-state index contributed by atoms with van der Waals surface area (Å²) in [5.74, 6) is -0.122. The van der Waals surface area contributed by atoms with Crippen LogP contribution in [0.4, 0.5) is 0 Å². The number of nitrogens with one attached hydrogen (secondary N) is 1. The Morgan fingerprint density at radius 1 is 1.59 bits per heavy atom. The molecule has 1 N–H and O–H groups in total. The molecule has 1 aromatic heterocycles. The number of hydrogen-bond acceptors (Lipinski definition) is 2. The van der Waals surface area contributed by atoms with E-state index < -0.39 is 0 Å². The van der Waals surface area contributed by atoms with E-state index in [4.69, 9.17) is 11.6 Å². The van der Waals surface area contributed by atoms with E-state index in [0.717, 1.165) is 13.0 Å². The van der Waals surface area contributed by atoms with E-state index >= 15 is 0 Å². The van der Waals surface area contributed by atoms with Crippen LogP contribution in [0.2, 0.25) is 5.02 Å². The van der Waals surface area contributed by atoms with Crippen molar-refractivity contribution in [2.24, 2.45) is 5.41 Å². The largest absolute Gasteiger partial charge is 0.351 e. The lowest BCUT2D eigenvalue weighted by Crippen LogP contribution is -2.41. The van der Waals surface area contributed by atoms with Crippen LogP contribution in [0.15, 0.2) is 18.5 Å². The molecule has 92 valence electrons. The molecule has 1 saturated carbocycles. The predicted octanol–water partition coefficient (Wildman–Crippen LogP) is 3.05. The molecule has 1 amide bonds. The Balaban J connectivity index is 1.96. The minimum atomic E-state index is -0.122. The molecule has 0 atom stereocenters. The van der Waals surface area contributed by atoms with Gasteiger partial charge in [0.25, 0.3) is 5.91 Å². The van der Waals surface area contributed by atoms with E-state index in [2.05, 4.69) is 17.2 Å². The molecule has 2 rings (SSSR count). The lowest BCUT2D eigenvalue weighted by atomic mass is 9.67. The number of aromatic nitrogens is 1. The van der Waals surface area contributed by atoms with Gasteiger partial charge in [-0.3, -0.25) is 9.78 Å². The second kappa shape index (κ2) is 5.05. The van der Waals surface area contributed by atoms with Gasteiger partial charge in [0.1, 0.15) is 0 Å². The molecule has 0 spiro atoms. The van der Waals surface area contributed by atoms with Crippen LogP contribution in [0.25, 0.3) is 0 Å². The third-order valence-corrected chi connectivity index (χ3v) is 4.13. The van der Waals surface area contributed by atoms with Crippen LogP contribution >= 0.6 is 11.6 Å².